The predicted octanol–water partition coefficient (Wildman–Crippen LogP) is 3.70. The number of nitrogens with zero attached hydrogens (tertiary/aromatic N) is 1. The van der Waals surface area contributed by atoms with Gasteiger partial charge in [0, 0.05) is 11.8 Å². The molecule has 1 N–H and O–H groups in total. The van der Waals surface area contributed by atoms with E-state index in [2.05, 4.69) is 4.99 Å². The van der Waals surface area contributed by atoms with Crippen LogP contribution in [0.4, 0.5) is 0 Å². The molecule has 0 radical (unpaired) electrons. The molecule has 1 saturated heterocycles. The average molecular weight is 311 g/mol. The minimum absolute atomic E-state index is 0.162. The number of para-hydroxylation sites is 1. The fourth-order valence-corrected chi connectivity index (χ4v) is 2.62. The summed E-state index contributed by atoms with van der Waals surface area (Å²) in [5.74, 6) is -0.424. The lowest BCUT2D eigenvalue weighted by Gasteiger charge is -2.39. The van der Waals surface area contributed by atoms with Crippen molar-refractivity contribution in [1.29, 1.82) is 0 Å². The Morgan fingerprint density at radius 3 is 2.52 bits per heavy atom. The third-order valence-corrected chi connectivity index (χ3v) is 3.83. The number of aliphatic imine (C=N–C) groups is 1. The molecule has 3 rings (SSSR count). The quantitative estimate of drug-likeness (QED) is 0.879. The Bertz CT molecular complexity index is 682. The third-order valence-electron chi connectivity index (χ3n) is 3.83. The molecule has 0 unspecified atom stereocenters. The van der Waals surface area contributed by atoms with Crippen LogP contribution in [0.15, 0.2) is 59.6 Å². The Morgan fingerprint density at radius 1 is 1.09 bits per heavy atom. The number of phenolic OH excluding ortho intramolecular Hbond substituents is 1. The molecule has 1 fully saturated rings. The zero-order valence-corrected chi connectivity index (χ0v) is 13.3. The summed E-state index contributed by atoms with van der Waals surface area (Å²) in [5.41, 5.74) is 1.76. The maximum Gasteiger partial charge on any atom is 0.163 e. The van der Waals surface area contributed by atoms with Crippen LogP contribution in [-0.4, -0.2) is 29.8 Å². The molecule has 0 spiro atoms. The highest BCUT2D eigenvalue weighted by molar-refractivity contribution is 5.83. The first kappa shape index (κ1) is 15.7. The van der Waals surface area contributed by atoms with E-state index >= 15 is 0 Å². The van der Waals surface area contributed by atoms with E-state index in [0.717, 1.165) is 5.56 Å². The number of rotatable bonds is 3. The number of hydrogen-bond donors (Lipinski definition) is 1. The van der Waals surface area contributed by atoms with Gasteiger partial charge in [0.1, 0.15) is 17.9 Å². The molecule has 1 heterocycles. The molecule has 2 aromatic rings. The standard InChI is InChI=1S/C19H21NO3/c1-19(2)22-13-16(18(23-19)14-8-4-3-5-9-14)20-12-15-10-6-7-11-17(15)21/h3-12,16,18,21H,13H2,1-2H3/t16-,18-/m0/s1. The van der Waals surface area contributed by atoms with Gasteiger partial charge in [0.15, 0.2) is 5.79 Å². The molecule has 0 bridgehead atoms. The van der Waals surface area contributed by atoms with Gasteiger partial charge in [-0.3, -0.25) is 4.99 Å². The Balaban J connectivity index is 1.86. The molecule has 23 heavy (non-hydrogen) atoms. The summed E-state index contributed by atoms with van der Waals surface area (Å²) in [7, 11) is 0. The maximum absolute atomic E-state index is 9.85. The van der Waals surface area contributed by atoms with Crippen molar-refractivity contribution in [3.8, 4) is 5.75 Å². The van der Waals surface area contributed by atoms with E-state index in [0.29, 0.717) is 12.2 Å². The second kappa shape index (κ2) is 6.52. The zero-order valence-electron chi connectivity index (χ0n) is 13.3. The summed E-state index contributed by atoms with van der Waals surface area (Å²) in [4.78, 5) is 4.60. The number of phenols is 1. The Morgan fingerprint density at radius 2 is 1.78 bits per heavy atom. The smallest absolute Gasteiger partial charge is 0.163 e. The monoisotopic (exact) mass is 311 g/mol. The van der Waals surface area contributed by atoms with Crippen LogP contribution in [0, 0.1) is 0 Å². The van der Waals surface area contributed by atoms with E-state index in [1.54, 1.807) is 18.3 Å². The molecule has 4 heteroatoms. The summed E-state index contributed by atoms with van der Waals surface area (Å²) < 4.78 is 11.8. The fourth-order valence-electron chi connectivity index (χ4n) is 2.62. The molecule has 2 atom stereocenters. The Hall–Kier alpha value is -2.17. The van der Waals surface area contributed by atoms with Gasteiger partial charge < -0.3 is 14.6 Å². The first-order valence-corrected chi connectivity index (χ1v) is 7.73. The normalized spacial score (nSPS) is 23.9. The number of benzene rings is 2. The third kappa shape index (κ3) is 3.78. The van der Waals surface area contributed by atoms with Crippen molar-refractivity contribution in [2.24, 2.45) is 4.99 Å². The van der Waals surface area contributed by atoms with Gasteiger partial charge in [-0.05, 0) is 31.5 Å². The molecule has 0 aliphatic carbocycles. The van der Waals surface area contributed by atoms with Crippen molar-refractivity contribution in [2.75, 3.05) is 6.61 Å². The average Bonchev–Trinajstić information content (AvgIpc) is 2.55. The fraction of sp³-hybridized carbons (Fsp3) is 0.316. The van der Waals surface area contributed by atoms with E-state index < -0.39 is 5.79 Å². The van der Waals surface area contributed by atoms with Gasteiger partial charge in [-0.25, -0.2) is 0 Å². The van der Waals surface area contributed by atoms with Gasteiger partial charge in [-0.2, -0.15) is 0 Å². The molecule has 120 valence electrons. The molecular weight excluding hydrogens is 290 g/mol. The molecule has 0 amide bonds. The van der Waals surface area contributed by atoms with E-state index in [-0.39, 0.29) is 17.9 Å². The largest absolute Gasteiger partial charge is 0.507 e. The summed E-state index contributed by atoms with van der Waals surface area (Å²) in [6.45, 7) is 4.29. The molecule has 0 saturated carbocycles. The topological polar surface area (TPSA) is 51.0 Å². The molecular formula is C19H21NO3. The second-order valence-corrected chi connectivity index (χ2v) is 6.06. The van der Waals surface area contributed by atoms with Gasteiger partial charge in [0.25, 0.3) is 0 Å². The van der Waals surface area contributed by atoms with E-state index in [1.165, 1.54) is 0 Å². The summed E-state index contributed by atoms with van der Waals surface area (Å²) in [5, 5.41) is 9.85. The first-order chi connectivity index (χ1) is 11.1. The van der Waals surface area contributed by atoms with Crippen molar-refractivity contribution in [3.63, 3.8) is 0 Å². The van der Waals surface area contributed by atoms with Crippen molar-refractivity contribution < 1.29 is 14.6 Å². The summed E-state index contributed by atoms with van der Waals surface area (Å²) in [6, 6.07) is 17.0. The van der Waals surface area contributed by atoms with Crippen molar-refractivity contribution in [2.45, 2.75) is 31.8 Å². The molecule has 0 aromatic heterocycles. The Kier molecular flexibility index (Phi) is 4.46. The molecule has 2 aromatic carbocycles. The van der Waals surface area contributed by atoms with Gasteiger partial charge >= 0.3 is 0 Å². The molecule has 4 nitrogen and oxygen atoms in total. The van der Waals surface area contributed by atoms with Gasteiger partial charge in [-0.15, -0.1) is 0 Å². The summed E-state index contributed by atoms with van der Waals surface area (Å²) in [6.07, 6.45) is 1.50. The van der Waals surface area contributed by atoms with Crippen molar-refractivity contribution in [1.82, 2.24) is 0 Å². The highest BCUT2D eigenvalue weighted by Crippen LogP contribution is 2.34. The van der Waals surface area contributed by atoms with Crippen LogP contribution in [0.3, 0.4) is 0 Å². The van der Waals surface area contributed by atoms with Gasteiger partial charge in [0.05, 0.1) is 6.61 Å². The van der Waals surface area contributed by atoms with E-state index in [4.69, 9.17) is 9.47 Å². The SMILES string of the molecule is CC1(C)OC[C@H](N=Cc2ccccc2O)[C@H](c2ccccc2)O1. The lowest BCUT2D eigenvalue weighted by molar-refractivity contribution is -0.281. The van der Waals surface area contributed by atoms with Gasteiger partial charge in [-0.1, -0.05) is 42.5 Å². The lowest BCUT2D eigenvalue weighted by atomic mass is 10.0. The summed E-state index contributed by atoms with van der Waals surface area (Å²) >= 11 is 0. The van der Waals surface area contributed by atoms with Crippen LogP contribution in [0.2, 0.25) is 0 Å². The van der Waals surface area contributed by atoms with Crippen LogP contribution in [0.5, 0.6) is 5.75 Å². The number of hydrogen-bond acceptors (Lipinski definition) is 4. The predicted molar refractivity (Wildman–Crippen MR) is 89.8 cm³/mol. The number of ether oxygens (including phenoxy) is 2. The van der Waals surface area contributed by atoms with E-state index in [1.807, 2.05) is 56.3 Å². The van der Waals surface area contributed by atoms with Crippen LogP contribution in [-0.2, 0) is 9.47 Å². The van der Waals surface area contributed by atoms with Crippen LogP contribution >= 0.6 is 0 Å². The van der Waals surface area contributed by atoms with Crippen LogP contribution in [0.1, 0.15) is 31.1 Å². The highest BCUT2D eigenvalue weighted by atomic mass is 16.7. The van der Waals surface area contributed by atoms with E-state index in [9.17, 15) is 5.11 Å². The van der Waals surface area contributed by atoms with Crippen molar-refractivity contribution >= 4 is 6.21 Å². The maximum atomic E-state index is 9.85. The minimum atomic E-state index is -0.637. The minimum Gasteiger partial charge on any atom is -0.507 e. The van der Waals surface area contributed by atoms with Crippen molar-refractivity contribution in [3.05, 3.63) is 65.7 Å². The molecule has 1 aliphatic rings. The second-order valence-electron chi connectivity index (χ2n) is 6.06. The lowest BCUT2D eigenvalue weighted by Crippen LogP contribution is -2.43. The zero-order chi connectivity index (χ0) is 16.3. The van der Waals surface area contributed by atoms with Crippen LogP contribution in [0.25, 0.3) is 0 Å². The van der Waals surface area contributed by atoms with Crippen LogP contribution < -0.4 is 0 Å². The number of aromatic hydroxyl groups is 1. The Labute approximate surface area is 136 Å². The first-order valence-electron chi connectivity index (χ1n) is 7.73. The highest BCUT2D eigenvalue weighted by Gasteiger charge is 2.37. The van der Waals surface area contributed by atoms with Gasteiger partial charge in [0.2, 0.25) is 0 Å². The molecule has 1 aliphatic heterocycles.